The lowest BCUT2D eigenvalue weighted by atomic mass is 10.0. The van der Waals surface area contributed by atoms with Crippen LogP contribution in [0.15, 0.2) is 0 Å². The minimum Gasteiger partial charge on any atom is -0.481 e. The number of rotatable bonds is 31. The van der Waals surface area contributed by atoms with Gasteiger partial charge in [0.2, 0.25) is 17.7 Å². The van der Waals surface area contributed by atoms with Crippen LogP contribution in [0.2, 0.25) is 0 Å². The molecule has 1 unspecified atom stereocenters. The fraction of sp³-hybridized carbons (Fsp3) is 0.839. The van der Waals surface area contributed by atoms with Gasteiger partial charge in [0.05, 0.1) is 19.8 Å². The summed E-state index contributed by atoms with van der Waals surface area (Å²) in [5, 5.41) is 25.8. The van der Waals surface area contributed by atoms with Gasteiger partial charge in [-0.2, -0.15) is 0 Å². The van der Waals surface area contributed by atoms with Crippen molar-refractivity contribution in [3.8, 4) is 0 Å². The first kappa shape index (κ1) is 40.3. The molecule has 0 heterocycles. The first-order valence-corrected chi connectivity index (χ1v) is 16.2. The average Bonchev–Trinajstić information content (AvgIpc) is 2.96. The van der Waals surface area contributed by atoms with Gasteiger partial charge in [-0.25, -0.2) is 4.79 Å². The Morgan fingerprint density at radius 2 is 1.09 bits per heavy atom. The molecule has 0 spiro atoms. The Balaban J connectivity index is 3.67. The third kappa shape index (κ3) is 29.1. The molecule has 250 valence electrons. The van der Waals surface area contributed by atoms with Gasteiger partial charge in [-0.05, 0) is 26.2 Å². The zero-order chi connectivity index (χ0) is 32.0. The normalized spacial score (nSPS) is 11.6. The molecular weight excluding hydrogens is 558 g/mol. The number of aliphatic carboxylic acids is 2. The van der Waals surface area contributed by atoms with E-state index in [1.54, 1.807) is 0 Å². The number of amides is 3. The highest BCUT2D eigenvalue weighted by Gasteiger charge is 2.20. The maximum Gasteiger partial charge on any atom is 0.326 e. The first-order chi connectivity index (χ1) is 20.8. The van der Waals surface area contributed by atoms with E-state index < -0.39 is 18.0 Å². The van der Waals surface area contributed by atoms with Crippen LogP contribution in [-0.2, 0) is 33.4 Å². The van der Waals surface area contributed by atoms with Crippen molar-refractivity contribution < 1.29 is 43.7 Å². The SMILES string of the molecule is CCNC(=O)COCCOCCNC(=O)CCC(NC(=O)CCCCCCCCCCCCCCCCC(=O)O)C(=O)O. The smallest absolute Gasteiger partial charge is 0.326 e. The Labute approximate surface area is 257 Å². The molecule has 0 bridgehead atoms. The van der Waals surface area contributed by atoms with Crippen LogP contribution in [-0.4, -0.2) is 85.4 Å². The van der Waals surface area contributed by atoms with Gasteiger partial charge in [0.1, 0.15) is 12.6 Å². The largest absolute Gasteiger partial charge is 0.481 e. The van der Waals surface area contributed by atoms with E-state index in [-0.39, 0.29) is 76.4 Å². The van der Waals surface area contributed by atoms with Gasteiger partial charge < -0.3 is 35.6 Å². The molecule has 0 aliphatic carbocycles. The van der Waals surface area contributed by atoms with Crippen molar-refractivity contribution in [2.45, 2.75) is 129 Å². The van der Waals surface area contributed by atoms with Crippen LogP contribution >= 0.6 is 0 Å². The van der Waals surface area contributed by atoms with E-state index in [9.17, 15) is 29.1 Å². The fourth-order valence-electron chi connectivity index (χ4n) is 4.47. The van der Waals surface area contributed by atoms with Crippen molar-refractivity contribution in [3.05, 3.63) is 0 Å². The molecule has 3 amide bonds. The number of hydrogen-bond acceptors (Lipinski definition) is 7. The topological polar surface area (TPSA) is 180 Å². The van der Waals surface area contributed by atoms with E-state index in [2.05, 4.69) is 16.0 Å². The van der Waals surface area contributed by atoms with Crippen LogP contribution in [0.1, 0.15) is 122 Å². The summed E-state index contributed by atoms with van der Waals surface area (Å²) in [6, 6.07) is -1.10. The lowest BCUT2D eigenvalue weighted by Gasteiger charge is -2.14. The molecule has 0 aliphatic rings. The van der Waals surface area contributed by atoms with Crippen molar-refractivity contribution in [1.29, 1.82) is 0 Å². The Hall–Kier alpha value is -2.73. The Morgan fingerprint density at radius 1 is 0.581 bits per heavy atom. The highest BCUT2D eigenvalue weighted by Crippen LogP contribution is 2.14. The van der Waals surface area contributed by atoms with E-state index in [4.69, 9.17) is 14.6 Å². The molecule has 0 saturated carbocycles. The van der Waals surface area contributed by atoms with Crippen LogP contribution < -0.4 is 16.0 Å². The minimum absolute atomic E-state index is 0.00816. The van der Waals surface area contributed by atoms with Crippen molar-refractivity contribution in [1.82, 2.24) is 16.0 Å². The zero-order valence-corrected chi connectivity index (χ0v) is 26.3. The number of hydrogen-bond donors (Lipinski definition) is 5. The lowest BCUT2D eigenvalue weighted by molar-refractivity contribution is -0.142. The molecule has 0 aliphatic heterocycles. The minimum atomic E-state index is -1.16. The van der Waals surface area contributed by atoms with Gasteiger partial charge in [0.15, 0.2) is 0 Å². The first-order valence-electron chi connectivity index (χ1n) is 16.2. The highest BCUT2D eigenvalue weighted by molar-refractivity contribution is 5.84. The lowest BCUT2D eigenvalue weighted by Crippen LogP contribution is -2.41. The van der Waals surface area contributed by atoms with E-state index in [0.717, 1.165) is 38.5 Å². The molecule has 0 saturated heterocycles. The summed E-state index contributed by atoms with van der Waals surface area (Å²) in [4.78, 5) is 57.4. The summed E-state index contributed by atoms with van der Waals surface area (Å²) in [5.41, 5.74) is 0. The second-order valence-electron chi connectivity index (χ2n) is 10.8. The monoisotopic (exact) mass is 615 g/mol. The van der Waals surface area contributed by atoms with Crippen molar-refractivity contribution in [2.24, 2.45) is 0 Å². The Kier molecular flexibility index (Phi) is 27.5. The maximum atomic E-state index is 12.2. The van der Waals surface area contributed by atoms with Crippen LogP contribution in [0, 0.1) is 0 Å². The average molecular weight is 616 g/mol. The molecule has 43 heavy (non-hydrogen) atoms. The second kappa shape index (κ2) is 29.3. The molecule has 12 heteroatoms. The van der Waals surface area contributed by atoms with Crippen LogP contribution in [0.5, 0.6) is 0 Å². The summed E-state index contributed by atoms with van der Waals surface area (Å²) in [7, 11) is 0. The van der Waals surface area contributed by atoms with E-state index >= 15 is 0 Å². The van der Waals surface area contributed by atoms with Gasteiger partial charge in [-0.1, -0.05) is 77.0 Å². The van der Waals surface area contributed by atoms with Crippen molar-refractivity contribution in [3.63, 3.8) is 0 Å². The number of carboxylic acids is 2. The van der Waals surface area contributed by atoms with E-state index in [0.29, 0.717) is 13.0 Å². The number of carboxylic acid groups (broad SMARTS) is 2. The highest BCUT2D eigenvalue weighted by atomic mass is 16.5. The zero-order valence-electron chi connectivity index (χ0n) is 26.3. The van der Waals surface area contributed by atoms with Crippen molar-refractivity contribution in [2.75, 3.05) is 39.5 Å². The van der Waals surface area contributed by atoms with Crippen LogP contribution in [0.25, 0.3) is 0 Å². The molecule has 0 fully saturated rings. The van der Waals surface area contributed by atoms with Gasteiger partial charge in [0.25, 0.3) is 0 Å². The fourth-order valence-corrected chi connectivity index (χ4v) is 4.47. The summed E-state index contributed by atoms with van der Waals surface area (Å²) >= 11 is 0. The molecule has 0 aromatic carbocycles. The summed E-state index contributed by atoms with van der Waals surface area (Å²) in [5.74, 6) is -2.68. The number of likely N-dealkylation sites (N-methyl/N-ethyl adjacent to an activating group) is 1. The maximum absolute atomic E-state index is 12.2. The summed E-state index contributed by atoms with van der Waals surface area (Å²) < 4.78 is 10.5. The van der Waals surface area contributed by atoms with Gasteiger partial charge in [0, 0.05) is 32.4 Å². The summed E-state index contributed by atoms with van der Waals surface area (Å²) in [6.07, 6.45) is 15.8. The van der Waals surface area contributed by atoms with Crippen molar-refractivity contribution >= 4 is 29.7 Å². The Morgan fingerprint density at radius 3 is 1.60 bits per heavy atom. The number of carbonyl (C=O) groups is 5. The third-order valence-corrected chi connectivity index (χ3v) is 6.89. The molecule has 0 aromatic rings. The standard InChI is InChI=1S/C31H57N3O9/c1-2-32-29(37)25-43-24-23-42-22-21-33-27(35)20-19-26(31(40)41)34-28(36)17-15-13-11-9-7-5-3-4-6-8-10-12-14-16-18-30(38)39/h26H,2-25H2,1H3,(H,32,37)(H,33,35)(H,34,36)(H,38,39)(H,40,41). The molecule has 0 rings (SSSR count). The second-order valence-corrected chi connectivity index (χ2v) is 10.8. The number of ether oxygens (including phenoxy) is 2. The van der Waals surface area contributed by atoms with E-state index in [1.807, 2.05) is 6.92 Å². The molecular formula is C31H57N3O9. The number of carbonyl (C=O) groups excluding carboxylic acids is 3. The Bertz CT molecular complexity index is 765. The van der Waals surface area contributed by atoms with Gasteiger partial charge in [-0.15, -0.1) is 0 Å². The number of nitrogens with one attached hydrogen (secondary N) is 3. The molecule has 5 N–H and O–H groups in total. The third-order valence-electron chi connectivity index (χ3n) is 6.89. The summed E-state index contributed by atoms with van der Waals surface area (Å²) in [6.45, 7) is 3.40. The van der Waals surface area contributed by atoms with E-state index in [1.165, 1.54) is 44.9 Å². The van der Waals surface area contributed by atoms with Crippen LogP contribution in [0.3, 0.4) is 0 Å². The predicted octanol–water partition coefficient (Wildman–Crippen LogP) is 3.95. The van der Waals surface area contributed by atoms with Gasteiger partial charge in [-0.3, -0.25) is 19.2 Å². The number of unbranched alkanes of at least 4 members (excludes halogenated alkanes) is 13. The molecule has 0 aromatic heterocycles. The predicted molar refractivity (Wildman–Crippen MR) is 164 cm³/mol. The molecule has 0 radical (unpaired) electrons. The molecule has 12 nitrogen and oxygen atoms in total. The molecule has 1 atom stereocenters. The van der Waals surface area contributed by atoms with Gasteiger partial charge >= 0.3 is 11.9 Å². The van der Waals surface area contributed by atoms with Crippen LogP contribution in [0.4, 0.5) is 0 Å². The quantitative estimate of drug-likeness (QED) is 0.0722.